The fourth-order valence-electron chi connectivity index (χ4n) is 2.92. The Kier molecular flexibility index (Phi) is 3.30. The molecule has 0 aliphatic rings. The monoisotopic (exact) mass is 298 g/mol. The Hall–Kier alpha value is -2.74. The Labute approximate surface area is 135 Å². The highest BCUT2D eigenvalue weighted by atomic mass is 14.9. The highest BCUT2D eigenvalue weighted by Crippen LogP contribution is 2.26. The van der Waals surface area contributed by atoms with Crippen LogP contribution >= 0.6 is 0 Å². The lowest BCUT2D eigenvalue weighted by Gasteiger charge is -2.08. The van der Waals surface area contributed by atoms with Crippen molar-refractivity contribution in [1.82, 2.24) is 9.97 Å². The molecule has 0 aliphatic carbocycles. The number of rotatable bonds is 2. The van der Waals surface area contributed by atoms with Gasteiger partial charge in [-0.05, 0) is 16.9 Å². The lowest BCUT2D eigenvalue weighted by atomic mass is 10.0. The molecule has 23 heavy (non-hydrogen) atoms. The van der Waals surface area contributed by atoms with Gasteiger partial charge in [0.05, 0.1) is 5.52 Å². The van der Waals surface area contributed by atoms with Gasteiger partial charge in [0.15, 0.2) is 5.82 Å². The fraction of sp³-hybridized carbons (Fsp3) is 0.143. The van der Waals surface area contributed by atoms with Crippen molar-refractivity contribution < 1.29 is 0 Å². The Morgan fingerprint density at radius 1 is 0.783 bits per heavy atom. The molecule has 4 aromatic rings. The minimum absolute atomic E-state index is 0.533. The van der Waals surface area contributed by atoms with Gasteiger partial charge in [-0.1, -0.05) is 74.5 Å². The Morgan fingerprint density at radius 2 is 1.52 bits per heavy atom. The quantitative estimate of drug-likeness (QED) is 0.452. The topological polar surface area (TPSA) is 25.8 Å². The molecule has 0 spiro atoms. The molecular formula is C21H18N2. The zero-order valence-electron chi connectivity index (χ0n) is 13.3. The third kappa shape index (κ3) is 2.46. The summed E-state index contributed by atoms with van der Waals surface area (Å²) in [5.41, 5.74) is 3.41. The summed E-state index contributed by atoms with van der Waals surface area (Å²) in [6.07, 6.45) is 1.92. The predicted octanol–water partition coefficient (Wildman–Crippen LogP) is 5.57. The van der Waals surface area contributed by atoms with Crippen molar-refractivity contribution in [1.29, 1.82) is 0 Å². The first-order valence-electron chi connectivity index (χ1n) is 7.97. The lowest BCUT2D eigenvalue weighted by Crippen LogP contribution is -1.92. The molecule has 0 amide bonds. The maximum Gasteiger partial charge on any atom is 0.159 e. The van der Waals surface area contributed by atoms with Crippen LogP contribution in [0.3, 0.4) is 0 Å². The maximum atomic E-state index is 4.84. The molecule has 0 radical (unpaired) electrons. The minimum Gasteiger partial charge on any atom is -0.236 e. The first-order chi connectivity index (χ1) is 11.2. The standard InChI is InChI=1S/C21H18N2/c1-14(2)15-7-10-17(11-8-15)21-22-13-18-12-9-16-5-3-4-6-19(16)20(18)23-21/h3-14H,1-2H3. The van der Waals surface area contributed by atoms with E-state index in [1.54, 1.807) is 0 Å². The lowest BCUT2D eigenvalue weighted by molar-refractivity contribution is 0.867. The molecule has 1 aromatic heterocycles. The average molecular weight is 298 g/mol. The van der Waals surface area contributed by atoms with E-state index in [0.29, 0.717) is 5.92 Å². The van der Waals surface area contributed by atoms with Crippen LogP contribution in [0, 0.1) is 0 Å². The summed E-state index contributed by atoms with van der Waals surface area (Å²) in [6, 6.07) is 21.1. The fourth-order valence-corrected chi connectivity index (χ4v) is 2.92. The van der Waals surface area contributed by atoms with Crippen molar-refractivity contribution in [2.45, 2.75) is 19.8 Å². The maximum absolute atomic E-state index is 4.84. The van der Waals surface area contributed by atoms with Gasteiger partial charge < -0.3 is 0 Å². The van der Waals surface area contributed by atoms with Crippen LogP contribution in [-0.2, 0) is 0 Å². The molecule has 112 valence electrons. The molecule has 0 bridgehead atoms. The summed E-state index contributed by atoms with van der Waals surface area (Å²) >= 11 is 0. The van der Waals surface area contributed by atoms with E-state index in [2.05, 4.69) is 79.5 Å². The number of hydrogen-bond acceptors (Lipinski definition) is 2. The number of benzene rings is 3. The normalized spacial score (nSPS) is 11.4. The van der Waals surface area contributed by atoms with Gasteiger partial charge in [0.2, 0.25) is 0 Å². The predicted molar refractivity (Wildman–Crippen MR) is 96.6 cm³/mol. The Balaban J connectivity index is 1.89. The molecule has 3 aromatic carbocycles. The second-order valence-corrected chi connectivity index (χ2v) is 6.19. The van der Waals surface area contributed by atoms with Crippen molar-refractivity contribution in [3.8, 4) is 11.4 Å². The van der Waals surface area contributed by atoms with Crippen molar-refractivity contribution in [3.63, 3.8) is 0 Å². The van der Waals surface area contributed by atoms with E-state index in [1.807, 2.05) is 6.20 Å². The minimum atomic E-state index is 0.533. The second kappa shape index (κ2) is 5.47. The first kappa shape index (κ1) is 13.9. The number of fused-ring (bicyclic) bond motifs is 3. The summed E-state index contributed by atoms with van der Waals surface area (Å²) < 4.78 is 0. The van der Waals surface area contributed by atoms with Crippen LogP contribution in [0.15, 0.2) is 66.9 Å². The van der Waals surface area contributed by atoms with E-state index in [0.717, 1.165) is 22.3 Å². The van der Waals surface area contributed by atoms with Crippen molar-refractivity contribution >= 4 is 21.7 Å². The number of hydrogen-bond donors (Lipinski definition) is 0. The Bertz CT molecular complexity index is 985. The first-order valence-corrected chi connectivity index (χ1v) is 7.97. The molecule has 0 saturated heterocycles. The highest BCUT2D eigenvalue weighted by Gasteiger charge is 2.07. The molecular weight excluding hydrogens is 280 g/mol. The van der Waals surface area contributed by atoms with E-state index in [4.69, 9.17) is 4.98 Å². The third-order valence-corrected chi connectivity index (χ3v) is 4.31. The smallest absolute Gasteiger partial charge is 0.159 e. The second-order valence-electron chi connectivity index (χ2n) is 6.19. The summed E-state index contributed by atoms with van der Waals surface area (Å²) in [5, 5.41) is 3.46. The summed E-state index contributed by atoms with van der Waals surface area (Å²) in [6.45, 7) is 4.40. The number of aromatic nitrogens is 2. The molecule has 0 aliphatic heterocycles. The Morgan fingerprint density at radius 3 is 2.30 bits per heavy atom. The molecule has 0 saturated carbocycles. The SMILES string of the molecule is CC(C)c1ccc(-c2ncc3ccc4ccccc4c3n2)cc1. The third-order valence-electron chi connectivity index (χ3n) is 4.31. The molecule has 0 unspecified atom stereocenters. The zero-order valence-corrected chi connectivity index (χ0v) is 13.3. The largest absolute Gasteiger partial charge is 0.236 e. The van der Waals surface area contributed by atoms with Crippen LogP contribution in [0.1, 0.15) is 25.3 Å². The van der Waals surface area contributed by atoms with Gasteiger partial charge in [-0.2, -0.15) is 0 Å². The molecule has 2 heteroatoms. The van der Waals surface area contributed by atoms with E-state index in [-0.39, 0.29) is 0 Å². The van der Waals surface area contributed by atoms with E-state index in [9.17, 15) is 0 Å². The van der Waals surface area contributed by atoms with Crippen molar-refractivity contribution in [2.24, 2.45) is 0 Å². The van der Waals surface area contributed by atoms with Gasteiger partial charge in [-0.25, -0.2) is 9.97 Å². The van der Waals surface area contributed by atoms with Crippen LogP contribution < -0.4 is 0 Å². The van der Waals surface area contributed by atoms with Gasteiger partial charge in [-0.3, -0.25) is 0 Å². The van der Waals surface area contributed by atoms with E-state index < -0.39 is 0 Å². The van der Waals surface area contributed by atoms with Crippen molar-refractivity contribution in [3.05, 3.63) is 72.4 Å². The number of nitrogens with zero attached hydrogens (tertiary/aromatic N) is 2. The van der Waals surface area contributed by atoms with Crippen LogP contribution in [0.25, 0.3) is 33.1 Å². The summed E-state index contributed by atoms with van der Waals surface area (Å²) in [5.74, 6) is 1.31. The molecule has 0 N–H and O–H groups in total. The van der Waals surface area contributed by atoms with Gasteiger partial charge in [0.1, 0.15) is 0 Å². The van der Waals surface area contributed by atoms with Crippen LogP contribution in [0.5, 0.6) is 0 Å². The molecule has 4 rings (SSSR count). The van der Waals surface area contributed by atoms with Gasteiger partial charge in [0.25, 0.3) is 0 Å². The van der Waals surface area contributed by atoms with E-state index >= 15 is 0 Å². The average Bonchev–Trinajstić information content (AvgIpc) is 2.61. The molecule has 0 atom stereocenters. The van der Waals surface area contributed by atoms with Crippen LogP contribution in [-0.4, -0.2) is 9.97 Å². The van der Waals surface area contributed by atoms with Crippen LogP contribution in [0.4, 0.5) is 0 Å². The zero-order chi connectivity index (χ0) is 15.8. The van der Waals surface area contributed by atoms with Gasteiger partial charge in [-0.15, -0.1) is 0 Å². The van der Waals surface area contributed by atoms with E-state index in [1.165, 1.54) is 16.3 Å². The van der Waals surface area contributed by atoms with Gasteiger partial charge in [0, 0.05) is 22.5 Å². The highest BCUT2D eigenvalue weighted by molar-refractivity contribution is 6.05. The molecule has 1 heterocycles. The van der Waals surface area contributed by atoms with Crippen LogP contribution in [0.2, 0.25) is 0 Å². The summed E-state index contributed by atoms with van der Waals surface area (Å²) in [7, 11) is 0. The van der Waals surface area contributed by atoms with Gasteiger partial charge >= 0.3 is 0 Å². The summed E-state index contributed by atoms with van der Waals surface area (Å²) in [4.78, 5) is 9.38. The molecule has 0 fully saturated rings. The molecule has 2 nitrogen and oxygen atoms in total. The van der Waals surface area contributed by atoms with Crippen molar-refractivity contribution in [2.75, 3.05) is 0 Å².